The number of sulfonamides is 1. The molecule has 0 aliphatic carbocycles. The number of amides is 1. The first-order chi connectivity index (χ1) is 16.9. The van der Waals surface area contributed by atoms with Crippen molar-refractivity contribution in [1.29, 1.82) is 0 Å². The highest BCUT2D eigenvalue weighted by Crippen LogP contribution is 2.35. The van der Waals surface area contributed by atoms with Gasteiger partial charge < -0.3 is 19.3 Å². The lowest BCUT2D eigenvalue weighted by molar-refractivity contribution is -0.129. The molecule has 0 atom stereocenters. The number of hydrogen-bond acceptors (Lipinski definition) is 6. The zero-order valence-corrected chi connectivity index (χ0v) is 20.6. The smallest absolute Gasteiger partial charge is 0.243 e. The minimum atomic E-state index is -3.67. The molecule has 0 saturated carbocycles. The molecule has 8 nitrogen and oxygen atoms in total. The third-order valence-corrected chi connectivity index (χ3v) is 9.19. The van der Waals surface area contributed by atoms with E-state index in [-0.39, 0.29) is 10.8 Å². The van der Waals surface area contributed by atoms with Crippen molar-refractivity contribution in [2.24, 2.45) is 0 Å². The number of benzene rings is 2. The Hall–Kier alpha value is -2.88. The molecule has 0 N–H and O–H groups in total. The van der Waals surface area contributed by atoms with Crippen LogP contribution in [0.1, 0.15) is 16.7 Å². The Labute approximate surface area is 205 Å². The number of carbonyl (C=O) groups is 1. The van der Waals surface area contributed by atoms with Crippen LogP contribution in [0.5, 0.6) is 11.5 Å². The van der Waals surface area contributed by atoms with Crippen LogP contribution in [0.25, 0.3) is 0 Å². The number of hydrogen-bond donors (Lipinski definition) is 0. The van der Waals surface area contributed by atoms with Crippen molar-refractivity contribution in [3.05, 3.63) is 64.2 Å². The standard InChI is InChI=1S/C26H29N3O5S/c1-27-8-7-23-18(3-2-4-19(23)13-27)11-26(30)28-14-20-16-29(17-21(20)15-28)35(31,32)22-5-6-24-25(12-22)34-10-9-33-24/h2-6,12H,7-11,13-17H2,1H3. The van der Waals surface area contributed by atoms with Crippen LogP contribution in [0.15, 0.2) is 52.4 Å². The Morgan fingerprint density at radius 1 is 0.943 bits per heavy atom. The molecular formula is C26H29N3O5S. The maximum atomic E-state index is 13.3. The Morgan fingerprint density at radius 2 is 1.69 bits per heavy atom. The summed E-state index contributed by atoms with van der Waals surface area (Å²) in [6, 6.07) is 11.0. The maximum absolute atomic E-state index is 13.3. The van der Waals surface area contributed by atoms with Gasteiger partial charge >= 0.3 is 0 Å². The van der Waals surface area contributed by atoms with Gasteiger partial charge in [0.25, 0.3) is 0 Å². The molecule has 0 radical (unpaired) electrons. The molecule has 0 aromatic heterocycles. The van der Waals surface area contributed by atoms with Crippen molar-refractivity contribution in [3.63, 3.8) is 0 Å². The van der Waals surface area contributed by atoms with Gasteiger partial charge in [-0.25, -0.2) is 8.42 Å². The predicted molar refractivity (Wildman–Crippen MR) is 130 cm³/mol. The summed E-state index contributed by atoms with van der Waals surface area (Å²) in [5.74, 6) is 1.13. The number of carbonyl (C=O) groups excluding carboxylic acids is 1. The third-order valence-electron chi connectivity index (χ3n) is 7.40. The van der Waals surface area contributed by atoms with E-state index in [9.17, 15) is 13.2 Å². The van der Waals surface area contributed by atoms with E-state index in [1.165, 1.54) is 15.4 Å². The van der Waals surface area contributed by atoms with E-state index in [1.807, 2.05) is 11.0 Å². The molecule has 4 aliphatic rings. The number of likely N-dealkylation sites (N-methyl/N-ethyl adjacent to an activating group) is 1. The summed E-state index contributed by atoms with van der Waals surface area (Å²) in [6.07, 6.45) is 1.36. The second-order valence-electron chi connectivity index (χ2n) is 9.75. The summed E-state index contributed by atoms with van der Waals surface area (Å²) >= 11 is 0. The molecule has 9 heteroatoms. The van der Waals surface area contributed by atoms with E-state index < -0.39 is 10.0 Å². The molecule has 2 aromatic rings. The molecule has 0 unspecified atom stereocenters. The minimum Gasteiger partial charge on any atom is -0.486 e. The van der Waals surface area contributed by atoms with Crippen molar-refractivity contribution in [3.8, 4) is 11.5 Å². The van der Waals surface area contributed by atoms with Gasteiger partial charge in [0.15, 0.2) is 11.5 Å². The summed E-state index contributed by atoms with van der Waals surface area (Å²) in [5, 5.41) is 0. The third kappa shape index (κ3) is 4.11. The van der Waals surface area contributed by atoms with Crippen molar-refractivity contribution in [2.45, 2.75) is 24.3 Å². The maximum Gasteiger partial charge on any atom is 0.243 e. The largest absolute Gasteiger partial charge is 0.486 e. The first kappa shape index (κ1) is 22.6. The van der Waals surface area contributed by atoms with Gasteiger partial charge in [-0.1, -0.05) is 18.2 Å². The lowest BCUT2D eigenvalue weighted by atomic mass is 9.93. The van der Waals surface area contributed by atoms with Crippen molar-refractivity contribution in [1.82, 2.24) is 14.1 Å². The predicted octanol–water partition coefficient (Wildman–Crippen LogP) is 1.83. The summed E-state index contributed by atoms with van der Waals surface area (Å²) in [4.78, 5) is 17.5. The fourth-order valence-corrected chi connectivity index (χ4v) is 6.94. The van der Waals surface area contributed by atoms with Gasteiger partial charge in [0.1, 0.15) is 13.2 Å². The van der Waals surface area contributed by atoms with Crippen molar-refractivity contribution < 1.29 is 22.7 Å². The Kier molecular flexibility index (Phi) is 5.58. The van der Waals surface area contributed by atoms with Crippen LogP contribution >= 0.6 is 0 Å². The van der Waals surface area contributed by atoms with E-state index in [1.54, 1.807) is 18.2 Å². The second kappa shape index (κ2) is 8.65. The van der Waals surface area contributed by atoms with E-state index >= 15 is 0 Å². The summed E-state index contributed by atoms with van der Waals surface area (Å²) < 4.78 is 39.1. The lowest BCUT2D eigenvalue weighted by Crippen LogP contribution is -2.37. The van der Waals surface area contributed by atoms with Gasteiger partial charge in [0.2, 0.25) is 15.9 Å². The van der Waals surface area contributed by atoms with E-state index in [2.05, 4.69) is 24.1 Å². The first-order valence-corrected chi connectivity index (χ1v) is 13.5. The van der Waals surface area contributed by atoms with Crippen LogP contribution in [0.4, 0.5) is 0 Å². The molecule has 6 rings (SSSR count). The second-order valence-corrected chi connectivity index (χ2v) is 11.7. The molecule has 0 bridgehead atoms. The molecule has 4 heterocycles. The Bertz CT molecular complexity index is 1320. The van der Waals surface area contributed by atoms with Crippen LogP contribution in [0.2, 0.25) is 0 Å². The average Bonchev–Trinajstić information content (AvgIpc) is 3.44. The highest BCUT2D eigenvalue weighted by molar-refractivity contribution is 7.89. The number of rotatable bonds is 4. The number of fused-ring (bicyclic) bond motifs is 2. The lowest BCUT2D eigenvalue weighted by Gasteiger charge is -2.27. The SMILES string of the molecule is CN1CCc2c(CC(=O)N3CC4=C(C3)CN(S(=O)(=O)c3ccc5c(c3)OCCO5)C4)cccc2C1. The van der Waals surface area contributed by atoms with Crippen LogP contribution in [-0.2, 0) is 34.2 Å². The van der Waals surface area contributed by atoms with Gasteiger partial charge in [-0.2, -0.15) is 4.31 Å². The quantitative estimate of drug-likeness (QED) is 0.603. The Morgan fingerprint density at radius 3 is 2.46 bits per heavy atom. The number of nitrogens with zero attached hydrogens (tertiary/aromatic N) is 3. The van der Waals surface area contributed by atoms with Gasteiger partial charge in [0.05, 0.1) is 11.3 Å². The molecule has 0 saturated heterocycles. The van der Waals surface area contributed by atoms with Gasteiger partial charge in [0, 0.05) is 45.3 Å². The minimum absolute atomic E-state index is 0.105. The molecule has 35 heavy (non-hydrogen) atoms. The average molecular weight is 496 g/mol. The van der Waals surface area contributed by atoms with Crippen LogP contribution < -0.4 is 9.47 Å². The summed E-state index contributed by atoms with van der Waals surface area (Å²) in [6.45, 7) is 4.43. The van der Waals surface area contributed by atoms with Crippen LogP contribution in [0, 0.1) is 0 Å². The molecule has 0 fully saturated rings. The molecular weight excluding hydrogens is 466 g/mol. The first-order valence-electron chi connectivity index (χ1n) is 12.0. The normalized spacial score (nSPS) is 20.2. The molecule has 4 aliphatic heterocycles. The summed E-state index contributed by atoms with van der Waals surface area (Å²) in [5.41, 5.74) is 5.82. The molecule has 1 amide bonds. The number of ether oxygens (including phenoxy) is 2. The van der Waals surface area contributed by atoms with E-state index in [0.29, 0.717) is 57.3 Å². The monoisotopic (exact) mass is 495 g/mol. The highest BCUT2D eigenvalue weighted by atomic mass is 32.2. The van der Waals surface area contributed by atoms with Crippen LogP contribution in [-0.4, -0.2) is 81.4 Å². The molecule has 184 valence electrons. The Balaban J connectivity index is 1.11. The van der Waals surface area contributed by atoms with E-state index in [0.717, 1.165) is 36.2 Å². The fourth-order valence-electron chi connectivity index (χ4n) is 5.50. The molecule has 0 spiro atoms. The van der Waals surface area contributed by atoms with Gasteiger partial charge in [-0.15, -0.1) is 0 Å². The summed E-state index contributed by atoms with van der Waals surface area (Å²) in [7, 11) is -1.55. The highest BCUT2D eigenvalue weighted by Gasteiger charge is 2.38. The van der Waals surface area contributed by atoms with Gasteiger partial charge in [-0.05, 0) is 53.4 Å². The zero-order chi connectivity index (χ0) is 24.2. The fraction of sp³-hybridized carbons (Fsp3) is 0.423. The molecule has 2 aromatic carbocycles. The van der Waals surface area contributed by atoms with Gasteiger partial charge in [-0.3, -0.25) is 4.79 Å². The van der Waals surface area contributed by atoms with Crippen LogP contribution in [0.3, 0.4) is 0 Å². The van der Waals surface area contributed by atoms with Crippen molar-refractivity contribution in [2.75, 3.05) is 53.0 Å². The van der Waals surface area contributed by atoms with E-state index in [4.69, 9.17) is 9.47 Å². The van der Waals surface area contributed by atoms with Crippen molar-refractivity contribution >= 4 is 15.9 Å². The zero-order valence-electron chi connectivity index (χ0n) is 19.8. The topological polar surface area (TPSA) is 79.4 Å².